The van der Waals surface area contributed by atoms with E-state index in [1.807, 2.05) is 6.07 Å². The highest BCUT2D eigenvalue weighted by Crippen LogP contribution is 2.18. The van der Waals surface area contributed by atoms with Crippen molar-refractivity contribution < 1.29 is 14.7 Å². The molecule has 8 heteroatoms. The first-order chi connectivity index (χ1) is 12.1. The van der Waals surface area contributed by atoms with E-state index >= 15 is 0 Å². The first-order valence-electron chi connectivity index (χ1n) is 8.05. The van der Waals surface area contributed by atoms with E-state index in [0.717, 1.165) is 0 Å². The van der Waals surface area contributed by atoms with E-state index in [1.54, 1.807) is 36.5 Å². The second-order valence-corrected chi connectivity index (χ2v) is 5.76. The highest BCUT2D eigenvalue weighted by atomic mass is 16.4. The van der Waals surface area contributed by atoms with Crippen molar-refractivity contribution in [3.05, 3.63) is 48.3 Å². The van der Waals surface area contributed by atoms with E-state index in [-0.39, 0.29) is 11.9 Å². The third-order valence-corrected chi connectivity index (χ3v) is 4.02. The molecule has 3 N–H and O–H groups in total. The van der Waals surface area contributed by atoms with Crippen LogP contribution in [0, 0.1) is 0 Å². The normalized spacial score (nSPS) is 14.8. The largest absolute Gasteiger partial charge is 0.465 e. The van der Waals surface area contributed by atoms with Gasteiger partial charge in [-0.3, -0.25) is 4.79 Å². The van der Waals surface area contributed by atoms with E-state index in [1.165, 1.54) is 0 Å². The van der Waals surface area contributed by atoms with Crippen LogP contribution in [-0.4, -0.2) is 46.2 Å². The smallest absolute Gasteiger partial charge is 0.404 e. The molecule has 8 nitrogen and oxygen atoms in total. The maximum atomic E-state index is 12.3. The Bertz CT molecular complexity index is 745. The summed E-state index contributed by atoms with van der Waals surface area (Å²) in [6.07, 6.45) is 2.02. The molecule has 3 heterocycles. The fourth-order valence-electron chi connectivity index (χ4n) is 2.77. The Morgan fingerprint density at radius 1 is 1.12 bits per heavy atom. The van der Waals surface area contributed by atoms with Crippen LogP contribution in [0.5, 0.6) is 0 Å². The summed E-state index contributed by atoms with van der Waals surface area (Å²) in [5.41, 5.74) is 0.314. The molecule has 2 aromatic heterocycles. The quantitative estimate of drug-likeness (QED) is 0.785. The van der Waals surface area contributed by atoms with Gasteiger partial charge in [-0.05, 0) is 37.1 Å². The van der Waals surface area contributed by atoms with Crippen molar-refractivity contribution >= 4 is 23.6 Å². The van der Waals surface area contributed by atoms with Crippen LogP contribution in [0.3, 0.4) is 0 Å². The van der Waals surface area contributed by atoms with Gasteiger partial charge in [0.15, 0.2) is 0 Å². The third-order valence-electron chi connectivity index (χ3n) is 4.02. The molecule has 1 aliphatic rings. The average Bonchev–Trinajstić information content (AvgIpc) is 2.63. The van der Waals surface area contributed by atoms with Gasteiger partial charge >= 0.3 is 6.09 Å². The third kappa shape index (κ3) is 4.43. The minimum atomic E-state index is -0.996. The lowest BCUT2D eigenvalue weighted by molar-refractivity contribution is 0.102. The molecule has 0 unspecified atom stereocenters. The van der Waals surface area contributed by atoms with Gasteiger partial charge in [-0.2, -0.15) is 0 Å². The summed E-state index contributed by atoms with van der Waals surface area (Å²) < 4.78 is 0. The Morgan fingerprint density at radius 3 is 2.60 bits per heavy atom. The molecule has 0 atom stereocenters. The number of hydrogen-bond acceptors (Lipinski definition) is 5. The molecule has 0 aliphatic carbocycles. The molecule has 25 heavy (non-hydrogen) atoms. The lowest BCUT2D eigenvalue weighted by Gasteiger charge is -2.32. The van der Waals surface area contributed by atoms with Crippen LogP contribution in [0.15, 0.2) is 42.6 Å². The number of rotatable bonds is 4. The summed E-state index contributed by atoms with van der Waals surface area (Å²) in [5.74, 6) is 0.866. The van der Waals surface area contributed by atoms with Crippen molar-refractivity contribution in [3.8, 4) is 0 Å². The van der Waals surface area contributed by atoms with Crippen molar-refractivity contribution in [2.45, 2.75) is 18.9 Å². The van der Waals surface area contributed by atoms with E-state index in [0.29, 0.717) is 43.3 Å². The molecule has 3 rings (SSSR count). The fourth-order valence-corrected chi connectivity index (χ4v) is 2.77. The molecule has 2 amide bonds. The van der Waals surface area contributed by atoms with Gasteiger partial charge in [-0.1, -0.05) is 12.1 Å². The van der Waals surface area contributed by atoms with Gasteiger partial charge in [0.25, 0.3) is 5.91 Å². The fraction of sp³-hybridized carbons (Fsp3) is 0.294. The number of nitrogens with zero attached hydrogens (tertiary/aromatic N) is 3. The van der Waals surface area contributed by atoms with Gasteiger partial charge in [-0.15, -0.1) is 0 Å². The monoisotopic (exact) mass is 341 g/mol. The number of carbonyl (C=O) groups excluding carboxylic acids is 1. The van der Waals surface area contributed by atoms with Gasteiger partial charge in [-0.25, -0.2) is 14.8 Å². The first kappa shape index (κ1) is 16.7. The molecule has 0 aromatic carbocycles. The SMILES string of the molecule is O=C(O)NC1CCN(c2cccc(C(=O)Nc3ccccn3)n2)CC1. The van der Waals surface area contributed by atoms with Crippen LogP contribution in [0.1, 0.15) is 23.3 Å². The summed E-state index contributed by atoms with van der Waals surface area (Å²) in [7, 11) is 0. The molecule has 0 saturated carbocycles. The van der Waals surface area contributed by atoms with Crippen molar-refractivity contribution in [1.82, 2.24) is 15.3 Å². The molecule has 0 spiro atoms. The van der Waals surface area contributed by atoms with Crippen molar-refractivity contribution in [2.75, 3.05) is 23.3 Å². The molecule has 1 aliphatic heterocycles. The van der Waals surface area contributed by atoms with Gasteiger partial charge in [0, 0.05) is 25.3 Å². The molecular formula is C17H19N5O3. The zero-order valence-electron chi connectivity index (χ0n) is 13.6. The Kier molecular flexibility index (Phi) is 5.08. The van der Waals surface area contributed by atoms with Crippen LogP contribution in [-0.2, 0) is 0 Å². The molecule has 0 bridgehead atoms. The zero-order chi connectivity index (χ0) is 17.6. The number of anilines is 2. The lowest BCUT2D eigenvalue weighted by Crippen LogP contribution is -2.44. The zero-order valence-corrected chi connectivity index (χ0v) is 13.6. The number of hydrogen-bond donors (Lipinski definition) is 3. The maximum Gasteiger partial charge on any atom is 0.404 e. The number of carbonyl (C=O) groups is 2. The Labute approximate surface area is 144 Å². The topological polar surface area (TPSA) is 107 Å². The summed E-state index contributed by atoms with van der Waals surface area (Å²) in [5, 5.41) is 14.0. The Balaban J connectivity index is 1.64. The van der Waals surface area contributed by atoms with E-state index < -0.39 is 6.09 Å². The second kappa shape index (κ2) is 7.61. The average molecular weight is 341 g/mol. The van der Waals surface area contributed by atoms with E-state index in [9.17, 15) is 9.59 Å². The molecule has 1 saturated heterocycles. The van der Waals surface area contributed by atoms with Crippen LogP contribution in [0.4, 0.5) is 16.4 Å². The number of amides is 2. The number of nitrogens with one attached hydrogen (secondary N) is 2. The summed E-state index contributed by atoms with van der Waals surface area (Å²) >= 11 is 0. The standard InChI is InChI=1S/C17H19N5O3/c23-16(21-14-5-1-2-9-18-14)13-4-3-6-15(20-13)22-10-7-12(8-11-22)19-17(24)25/h1-6,9,12,19H,7-8,10-11H2,(H,24,25)(H,18,21,23). The molecule has 0 radical (unpaired) electrons. The maximum absolute atomic E-state index is 12.3. The van der Waals surface area contributed by atoms with Gasteiger partial charge in [0.2, 0.25) is 0 Å². The first-order valence-corrected chi connectivity index (χ1v) is 8.05. The molecule has 2 aromatic rings. The van der Waals surface area contributed by atoms with E-state index in [4.69, 9.17) is 5.11 Å². The number of aromatic nitrogens is 2. The number of pyridine rings is 2. The van der Waals surface area contributed by atoms with Gasteiger partial charge in [0.1, 0.15) is 17.3 Å². The summed E-state index contributed by atoms with van der Waals surface area (Å²) in [6.45, 7) is 1.37. The molecule has 130 valence electrons. The van der Waals surface area contributed by atoms with Crippen LogP contribution in [0.25, 0.3) is 0 Å². The number of carboxylic acid groups (broad SMARTS) is 1. The minimum absolute atomic E-state index is 0.0376. The highest BCUT2D eigenvalue weighted by molar-refractivity contribution is 6.02. The van der Waals surface area contributed by atoms with Crippen LogP contribution < -0.4 is 15.5 Å². The molecular weight excluding hydrogens is 322 g/mol. The summed E-state index contributed by atoms with van der Waals surface area (Å²) in [4.78, 5) is 33.6. The predicted molar refractivity (Wildman–Crippen MR) is 92.8 cm³/mol. The predicted octanol–water partition coefficient (Wildman–Crippen LogP) is 1.97. The summed E-state index contributed by atoms with van der Waals surface area (Å²) in [6, 6.07) is 10.5. The highest BCUT2D eigenvalue weighted by Gasteiger charge is 2.22. The minimum Gasteiger partial charge on any atom is -0.465 e. The van der Waals surface area contributed by atoms with Gasteiger partial charge < -0.3 is 20.6 Å². The van der Waals surface area contributed by atoms with Crippen LogP contribution in [0.2, 0.25) is 0 Å². The molecule has 1 fully saturated rings. The second-order valence-electron chi connectivity index (χ2n) is 5.76. The Hall–Kier alpha value is -3.16. The van der Waals surface area contributed by atoms with Crippen molar-refractivity contribution in [2.24, 2.45) is 0 Å². The van der Waals surface area contributed by atoms with E-state index in [2.05, 4.69) is 25.5 Å². The number of piperidine rings is 1. The van der Waals surface area contributed by atoms with Crippen molar-refractivity contribution in [1.29, 1.82) is 0 Å². The van der Waals surface area contributed by atoms with Crippen molar-refractivity contribution in [3.63, 3.8) is 0 Å². The van der Waals surface area contributed by atoms with Gasteiger partial charge in [0.05, 0.1) is 0 Å². The Morgan fingerprint density at radius 2 is 1.92 bits per heavy atom. The van der Waals surface area contributed by atoms with Crippen LogP contribution >= 0.6 is 0 Å². The lowest BCUT2D eigenvalue weighted by atomic mass is 10.1.